The highest BCUT2D eigenvalue weighted by molar-refractivity contribution is 6.05. The van der Waals surface area contributed by atoms with Crippen LogP contribution in [-0.2, 0) is 0 Å². The lowest BCUT2D eigenvalue weighted by Crippen LogP contribution is -2.15. The van der Waals surface area contributed by atoms with Gasteiger partial charge in [-0.2, -0.15) is 10.4 Å². The predicted molar refractivity (Wildman–Crippen MR) is 101 cm³/mol. The Morgan fingerprint density at radius 1 is 1.26 bits per heavy atom. The summed E-state index contributed by atoms with van der Waals surface area (Å²) in [7, 11) is 0. The number of nitrogens with zero attached hydrogens (tertiary/aromatic N) is 4. The van der Waals surface area contributed by atoms with Gasteiger partial charge in [0, 0.05) is 12.6 Å². The highest BCUT2D eigenvalue weighted by Crippen LogP contribution is 2.23. The Balaban J connectivity index is 1.75. The summed E-state index contributed by atoms with van der Waals surface area (Å²) < 4.78 is 7.35. The van der Waals surface area contributed by atoms with Gasteiger partial charge in [0.1, 0.15) is 0 Å². The summed E-state index contributed by atoms with van der Waals surface area (Å²) in [6.45, 7) is 2.22. The molecular formula is C20H19N5O2. The Labute approximate surface area is 157 Å². The summed E-state index contributed by atoms with van der Waals surface area (Å²) in [6, 6.07) is 15.1. The van der Waals surface area contributed by atoms with Crippen molar-refractivity contribution in [3.05, 3.63) is 66.1 Å². The molecule has 3 aromatic rings. The van der Waals surface area contributed by atoms with Gasteiger partial charge in [0.25, 0.3) is 5.91 Å². The van der Waals surface area contributed by atoms with E-state index in [4.69, 9.17) is 10.00 Å². The fourth-order valence-corrected chi connectivity index (χ4v) is 2.57. The van der Waals surface area contributed by atoms with Crippen molar-refractivity contribution in [2.45, 2.75) is 19.8 Å². The van der Waals surface area contributed by atoms with Crippen LogP contribution in [0.1, 0.15) is 28.9 Å². The monoisotopic (exact) mass is 361 g/mol. The maximum absolute atomic E-state index is 12.7. The first-order chi connectivity index (χ1) is 13.2. The van der Waals surface area contributed by atoms with Crippen molar-refractivity contribution in [2.24, 2.45) is 0 Å². The van der Waals surface area contributed by atoms with Crippen molar-refractivity contribution in [1.29, 1.82) is 5.26 Å². The molecule has 0 unspecified atom stereocenters. The Morgan fingerprint density at radius 3 is 2.85 bits per heavy atom. The summed E-state index contributed by atoms with van der Waals surface area (Å²) in [6.07, 6.45) is 4.15. The minimum atomic E-state index is -0.310. The molecule has 1 amide bonds. The number of ether oxygens (including phenoxy) is 1. The third-order valence-corrected chi connectivity index (χ3v) is 3.95. The molecule has 0 spiro atoms. The van der Waals surface area contributed by atoms with Crippen LogP contribution >= 0.6 is 0 Å². The number of hydrogen-bond acceptors (Lipinski definition) is 5. The van der Waals surface area contributed by atoms with E-state index in [-0.39, 0.29) is 5.91 Å². The number of amides is 1. The van der Waals surface area contributed by atoms with E-state index in [1.54, 1.807) is 23.0 Å². The standard InChI is InChI=1S/C20H19N5O2/c1-15-17(14-23-25(15)16-8-3-2-4-9-16)20(26)24-19-18(10-7-12-22-19)27-13-6-5-11-21/h2-4,7-10,12,14H,5-6,13H2,1H3,(H,22,24,26). The van der Waals surface area contributed by atoms with Gasteiger partial charge in [-0.15, -0.1) is 0 Å². The van der Waals surface area contributed by atoms with E-state index in [0.717, 1.165) is 11.4 Å². The quantitative estimate of drug-likeness (QED) is 0.650. The lowest BCUT2D eigenvalue weighted by Gasteiger charge is -2.11. The van der Waals surface area contributed by atoms with Crippen molar-refractivity contribution in [1.82, 2.24) is 14.8 Å². The number of benzene rings is 1. The highest BCUT2D eigenvalue weighted by atomic mass is 16.5. The van der Waals surface area contributed by atoms with Crippen LogP contribution in [0.5, 0.6) is 5.75 Å². The van der Waals surface area contributed by atoms with Gasteiger partial charge < -0.3 is 10.1 Å². The average Bonchev–Trinajstić information content (AvgIpc) is 3.08. The van der Waals surface area contributed by atoms with E-state index in [2.05, 4.69) is 21.5 Å². The third-order valence-electron chi connectivity index (χ3n) is 3.95. The van der Waals surface area contributed by atoms with Gasteiger partial charge in [-0.3, -0.25) is 4.79 Å². The number of unbranched alkanes of at least 4 members (excludes halogenated alkanes) is 1. The molecule has 0 fully saturated rings. The molecule has 3 rings (SSSR count). The largest absolute Gasteiger partial charge is 0.490 e. The van der Waals surface area contributed by atoms with Crippen molar-refractivity contribution in [2.75, 3.05) is 11.9 Å². The number of aromatic nitrogens is 3. The second kappa shape index (κ2) is 8.63. The number of carbonyl (C=O) groups excluding carboxylic acids is 1. The van der Waals surface area contributed by atoms with E-state index >= 15 is 0 Å². The molecule has 0 radical (unpaired) electrons. The first kappa shape index (κ1) is 18.1. The Bertz CT molecular complexity index is 960. The summed E-state index contributed by atoms with van der Waals surface area (Å²) >= 11 is 0. The molecule has 0 aliphatic rings. The lowest BCUT2D eigenvalue weighted by atomic mass is 10.2. The van der Waals surface area contributed by atoms with Crippen LogP contribution in [0.4, 0.5) is 5.82 Å². The second-order valence-corrected chi connectivity index (χ2v) is 5.81. The van der Waals surface area contributed by atoms with E-state index < -0.39 is 0 Å². The maximum Gasteiger partial charge on any atom is 0.260 e. The number of rotatable bonds is 7. The molecule has 0 aliphatic heterocycles. The first-order valence-corrected chi connectivity index (χ1v) is 8.57. The number of nitrogens with one attached hydrogen (secondary N) is 1. The number of carbonyl (C=O) groups is 1. The molecule has 27 heavy (non-hydrogen) atoms. The number of anilines is 1. The summed E-state index contributed by atoms with van der Waals surface area (Å²) in [5, 5.41) is 15.7. The summed E-state index contributed by atoms with van der Waals surface area (Å²) in [5.74, 6) is 0.499. The SMILES string of the molecule is Cc1c(C(=O)Nc2ncccc2OCCCC#N)cnn1-c1ccccc1. The van der Waals surface area contributed by atoms with Crippen molar-refractivity contribution in [3.8, 4) is 17.5 Å². The zero-order chi connectivity index (χ0) is 19.1. The van der Waals surface area contributed by atoms with Crippen LogP contribution in [0.15, 0.2) is 54.9 Å². The molecule has 0 aliphatic carbocycles. The van der Waals surface area contributed by atoms with Crippen LogP contribution in [0.2, 0.25) is 0 Å². The first-order valence-electron chi connectivity index (χ1n) is 8.57. The highest BCUT2D eigenvalue weighted by Gasteiger charge is 2.17. The molecule has 0 atom stereocenters. The third kappa shape index (κ3) is 4.30. The van der Waals surface area contributed by atoms with Gasteiger partial charge in [-0.25, -0.2) is 9.67 Å². The van der Waals surface area contributed by atoms with Crippen molar-refractivity contribution in [3.63, 3.8) is 0 Å². The summed E-state index contributed by atoms with van der Waals surface area (Å²) in [4.78, 5) is 16.9. The number of para-hydroxylation sites is 1. The van der Waals surface area contributed by atoms with E-state index in [0.29, 0.717) is 36.6 Å². The molecule has 0 bridgehead atoms. The molecule has 0 saturated heterocycles. The Kier molecular flexibility index (Phi) is 5.80. The molecular weight excluding hydrogens is 342 g/mol. The zero-order valence-corrected chi connectivity index (χ0v) is 14.9. The molecule has 0 saturated carbocycles. The Morgan fingerprint density at radius 2 is 2.07 bits per heavy atom. The maximum atomic E-state index is 12.7. The number of nitriles is 1. The number of hydrogen-bond donors (Lipinski definition) is 1. The van der Waals surface area contributed by atoms with Crippen LogP contribution < -0.4 is 10.1 Å². The summed E-state index contributed by atoms with van der Waals surface area (Å²) in [5.41, 5.74) is 2.07. The zero-order valence-electron chi connectivity index (χ0n) is 14.9. The number of pyridine rings is 1. The molecule has 1 N–H and O–H groups in total. The van der Waals surface area contributed by atoms with Gasteiger partial charge in [0.15, 0.2) is 11.6 Å². The molecule has 7 heteroatoms. The van der Waals surface area contributed by atoms with Crippen molar-refractivity contribution < 1.29 is 9.53 Å². The van der Waals surface area contributed by atoms with Crippen molar-refractivity contribution >= 4 is 11.7 Å². The second-order valence-electron chi connectivity index (χ2n) is 5.81. The fourth-order valence-electron chi connectivity index (χ4n) is 2.57. The van der Waals surface area contributed by atoms with Crippen LogP contribution in [-0.4, -0.2) is 27.3 Å². The minimum absolute atomic E-state index is 0.310. The molecule has 7 nitrogen and oxygen atoms in total. The topological polar surface area (TPSA) is 92.8 Å². The van der Waals surface area contributed by atoms with Gasteiger partial charge in [-0.1, -0.05) is 18.2 Å². The van der Waals surface area contributed by atoms with Gasteiger partial charge in [0.05, 0.1) is 35.8 Å². The molecule has 2 heterocycles. The van der Waals surface area contributed by atoms with E-state index in [1.807, 2.05) is 37.3 Å². The normalized spacial score (nSPS) is 10.2. The van der Waals surface area contributed by atoms with Gasteiger partial charge in [0.2, 0.25) is 0 Å². The van der Waals surface area contributed by atoms with E-state index in [9.17, 15) is 4.79 Å². The lowest BCUT2D eigenvalue weighted by molar-refractivity contribution is 0.102. The van der Waals surface area contributed by atoms with Crippen LogP contribution in [0, 0.1) is 18.3 Å². The van der Waals surface area contributed by atoms with Gasteiger partial charge in [-0.05, 0) is 37.6 Å². The molecule has 2 aromatic heterocycles. The smallest absolute Gasteiger partial charge is 0.260 e. The van der Waals surface area contributed by atoms with E-state index in [1.165, 1.54) is 6.20 Å². The van der Waals surface area contributed by atoms with Gasteiger partial charge >= 0.3 is 0 Å². The van der Waals surface area contributed by atoms with Crippen LogP contribution in [0.25, 0.3) is 5.69 Å². The average molecular weight is 361 g/mol. The predicted octanol–water partition coefficient (Wildman–Crippen LogP) is 3.51. The fraction of sp³-hybridized carbons (Fsp3) is 0.200. The Hall–Kier alpha value is -3.66. The minimum Gasteiger partial charge on any atom is -0.490 e. The molecule has 1 aromatic carbocycles. The van der Waals surface area contributed by atoms with Crippen LogP contribution in [0.3, 0.4) is 0 Å². The molecule has 136 valence electrons.